The third kappa shape index (κ3) is 2.30. The molecule has 0 radical (unpaired) electrons. The molecule has 1 aromatic carbocycles. The number of benzene rings is 1. The first-order valence-electron chi connectivity index (χ1n) is 6.68. The topological polar surface area (TPSA) is 12.0 Å². The minimum atomic E-state index is 0.679. The van der Waals surface area contributed by atoms with Crippen LogP contribution in [0.25, 0.3) is 0 Å². The lowest BCUT2D eigenvalue weighted by molar-refractivity contribution is 0.410. The molecular formula is C15H23N. The minimum absolute atomic E-state index is 0.679. The van der Waals surface area contributed by atoms with Crippen molar-refractivity contribution < 1.29 is 0 Å². The maximum atomic E-state index is 3.67. The molecule has 0 aromatic heterocycles. The van der Waals surface area contributed by atoms with Crippen molar-refractivity contribution in [1.29, 1.82) is 0 Å². The lowest BCUT2D eigenvalue weighted by atomic mass is 9.90. The van der Waals surface area contributed by atoms with Crippen LogP contribution < -0.4 is 5.32 Å². The van der Waals surface area contributed by atoms with Gasteiger partial charge in [-0.1, -0.05) is 44.5 Å². The highest BCUT2D eigenvalue weighted by Crippen LogP contribution is 2.36. The zero-order valence-electron chi connectivity index (χ0n) is 10.5. The summed E-state index contributed by atoms with van der Waals surface area (Å²) < 4.78 is 0. The molecule has 2 rings (SSSR count). The minimum Gasteiger partial charge on any atom is -0.314 e. The molecule has 1 aliphatic carbocycles. The van der Waals surface area contributed by atoms with E-state index < -0.39 is 0 Å². The fraction of sp³-hybridized carbons (Fsp3) is 0.600. The van der Waals surface area contributed by atoms with Gasteiger partial charge in [-0.05, 0) is 42.9 Å². The van der Waals surface area contributed by atoms with Gasteiger partial charge in [-0.2, -0.15) is 0 Å². The van der Waals surface area contributed by atoms with E-state index in [4.69, 9.17) is 0 Å². The molecule has 0 bridgehead atoms. The average molecular weight is 217 g/mol. The summed E-state index contributed by atoms with van der Waals surface area (Å²) in [4.78, 5) is 0. The second-order valence-corrected chi connectivity index (χ2v) is 4.80. The summed E-state index contributed by atoms with van der Waals surface area (Å²) >= 11 is 0. The van der Waals surface area contributed by atoms with Gasteiger partial charge in [0, 0.05) is 6.04 Å². The van der Waals surface area contributed by atoms with Gasteiger partial charge in [0.2, 0.25) is 0 Å². The van der Waals surface area contributed by atoms with Crippen LogP contribution in [0.5, 0.6) is 0 Å². The molecule has 0 aliphatic heterocycles. The van der Waals surface area contributed by atoms with Crippen molar-refractivity contribution in [3.05, 3.63) is 35.4 Å². The van der Waals surface area contributed by atoms with Gasteiger partial charge in [0.05, 0.1) is 0 Å². The Morgan fingerprint density at radius 1 is 1.31 bits per heavy atom. The molecule has 1 aromatic rings. The Bertz CT molecular complexity index is 326. The van der Waals surface area contributed by atoms with Crippen LogP contribution in [0.1, 0.15) is 50.2 Å². The second-order valence-electron chi connectivity index (χ2n) is 4.80. The van der Waals surface area contributed by atoms with Gasteiger partial charge in [0.1, 0.15) is 0 Å². The number of likely N-dealkylation sites (N-methyl/N-ethyl adjacent to an activating group) is 1. The van der Waals surface area contributed by atoms with Gasteiger partial charge >= 0.3 is 0 Å². The summed E-state index contributed by atoms with van der Waals surface area (Å²) in [6, 6.07) is 9.66. The van der Waals surface area contributed by atoms with Crippen LogP contribution in [0.3, 0.4) is 0 Å². The molecule has 0 saturated heterocycles. The Kier molecular flexibility index (Phi) is 4.00. The summed E-state index contributed by atoms with van der Waals surface area (Å²) in [6.07, 6.45) is 5.17. The summed E-state index contributed by atoms with van der Waals surface area (Å²) in [5.41, 5.74) is 3.17. The SMILES string of the molecule is CCCC(NCC)C1CCc2ccccc21. The van der Waals surface area contributed by atoms with E-state index in [2.05, 4.69) is 43.4 Å². The highest BCUT2D eigenvalue weighted by Gasteiger charge is 2.28. The molecular weight excluding hydrogens is 194 g/mol. The summed E-state index contributed by atoms with van der Waals surface area (Å²) in [7, 11) is 0. The number of nitrogens with one attached hydrogen (secondary N) is 1. The monoisotopic (exact) mass is 217 g/mol. The van der Waals surface area contributed by atoms with Crippen molar-refractivity contribution in [2.75, 3.05) is 6.54 Å². The molecule has 0 fully saturated rings. The van der Waals surface area contributed by atoms with Crippen molar-refractivity contribution in [3.63, 3.8) is 0 Å². The smallest absolute Gasteiger partial charge is 0.0136 e. The summed E-state index contributed by atoms with van der Waals surface area (Å²) in [5, 5.41) is 3.67. The van der Waals surface area contributed by atoms with Crippen LogP contribution in [-0.4, -0.2) is 12.6 Å². The van der Waals surface area contributed by atoms with Gasteiger partial charge in [0.15, 0.2) is 0 Å². The van der Waals surface area contributed by atoms with Crippen LogP contribution >= 0.6 is 0 Å². The Morgan fingerprint density at radius 3 is 2.88 bits per heavy atom. The van der Waals surface area contributed by atoms with Gasteiger partial charge in [-0.15, -0.1) is 0 Å². The predicted molar refractivity (Wildman–Crippen MR) is 69.9 cm³/mol. The van der Waals surface area contributed by atoms with E-state index >= 15 is 0 Å². The Labute approximate surface area is 99.3 Å². The highest BCUT2D eigenvalue weighted by molar-refractivity contribution is 5.36. The maximum Gasteiger partial charge on any atom is 0.0136 e. The average Bonchev–Trinajstić information content (AvgIpc) is 2.72. The number of hydrogen-bond acceptors (Lipinski definition) is 1. The third-order valence-electron chi connectivity index (χ3n) is 3.73. The number of rotatable bonds is 5. The number of hydrogen-bond donors (Lipinski definition) is 1. The van der Waals surface area contributed by atoms with Crippen molar-refractivity contribution >= 4 is 0 Å². The molecule has 16 heavy (non-hydrogen) atoms. The van der Waals surface area contributed by atoms with E-state index in [0.29, 0.717) is 6.04 Å². The Hall–Kier alpha value is -0.820. The summed E-state index contributed by atoms with van der Waals surface area (Å²) in [6.45, 7) is 5.58. The van der Waals surface area contributed by atoms with Crippen LogP contribution in [-0.2, 0) is 6.42 Å². The van der Waals surface area contributed by atoms with E-state index in [1.165, 1.54) is 25.7 Å². The standard InChI is InChI=1S/C15H23N/c1-3-7-15(16-4-2)14-11-10-12-8-5-6-9-13(12)14/h5-6,8-9,14-16H,3-4,7,10-11H2,1-2H3. The molecule has 0 spiro atoms. The van der Waals surface area contributed by atoms with Gasteiger partial charge in [0.25, 0.3) is 0 Å². The van der Waals surface area contributed by atoms with E-state index in [1.54, 1.807) is 11.1 Å². The van der Waals surface area contributed by atoms with Crippen molar-refractivity contribution in [2.45, 2.75) is 51.5 Å². The van der Waals surface area contributed by atoms with Crippen LogP contribution in [0.15, 0.2) is 24.3 Å². The first-order valence-corrected chi connectivity index (χ1v) is 6.68. The fourth-order valence-electron chi connectivity index (χ4n) is 3.03. The van der Waals surface area contributed by atoms with Gasteiger partial charge in [-0.3, -0.25) is 0 Å². The molecule has 2 unspecified atom stereocenters. The van der Waals surface area contributed by atoms with Crippen LogP contribution in [0, 0.1) is 0 Å². The first-order chi connectivity index (χ1) is 7.86. The van der Waals surface area contributed by atoms with E-state index in [-0.39, 0.29) is 0 Å². The first kappa shape index (κ1) is 11.7. The van der Waals surface area contributed by atoms with E-state index in [9.17, 15) is 0 Å². The molecule has 0 heterocycles. The molecule has 2 atom stereocenters. The molecule has 1 N–H and O–H groups in total. The molecule has 1 heteroatoms. The number of fused-ring (bicyclic) bond motifs is 1. The van der Waals surface area contributed by atoms with Crippen molar-refractivity contribution in [2.24, 2.45) is 0 Å². The quantitative estimate of drug-likeness (QED) is 0.796. The highest BCUT2D eigenvalue weighted by atomic mass is 14.9. The molecule has 0 amide bonds. The summed E-state index contributed by atoms with van der Waals surface area (Å²) in [5.74, 6) is 0.746. The van der Waals surface area contributed by atoms with Crippen molar-refractivity contribution in [1.82, 2.24) is 5.32 Å². The lowest BCUT2D eigenvalue weighted by Crippen LogP contribution is -2.33. The maximum absolute atomic E-state index is 3.67. The third-order valence-corrected chi connectivity index (χ3v) is 3.73. The van der Waals surface area contributed by atoms with Crippen LogP contribution in [0.4, 0.5) is 0 Å². The number of aryl methyl sites for hydroxylation is 1. The molecule has 0 saturated carbocycles. The normalized spacial score (nSPS) is 20.8. The lowest BCUT2D eigenvalue weighted by Gasteiger charge is -2.25. The second kappa shape index (κ2) is 5.49. The van der Waals surface area contributed by atoms with E-state index in [1.807, 2.05) is 0 Å². The predicted octanol–water partition coefficient (Wildman–Crippen LogP) is 3.49. The van der Waals surface area contributed by atoms with Gasteiger partial charge in [-0.25, -0.2) is 0 Å². The molecule has 88 valence electrons. The zero-order valence-corrected chi connectivity index (χ0v) is 10.5. The fourth-order valence-corrected chi connectivity index (χ4v) is 3.03. The largest absolute Gasteiger partial charge is 0.314 e. The molecule has 1 nitrogen and oxygen atoms in total. The Morgan fingerprint density at radius 2 is 2.12 bits per heavy atom. The van der Waals surface area contributed by atoms with Crippen LogP contribution in [0.2, 0.25) is 0 Å². The molecule has 1 aliphatic rings. The van der Waals surface area contributed by atoms with Crippen molar-refractivity contribution in [3.8, 4) is 0 Å². The zero-order chi connectivity index (χ0) is 11.4. The van der Waals surface area contributed by atoms with E-state index in [0.717, 1.165) is 12.5 Å². The Balaban J connectivity index is 2.15. The van der Waals surface area contributed by atoms with Gasteiger partial charge < -0.3 is 5.32 Å².